The molecule has 1 fully saturated rings. The van der Waals surface area contributed by atoms with E-state index in [2.05, 4.69) is 5.32 Å². The lowest BCUT2D eigenvalue weighted by Crippen LogP contribution is -2.55. The maximum Gasteiger partial charge on any atom is 0.326 e. The first-order chi connectivity index (χ1) is 9.45. The van der Waals surface area contributed by atoms with Gasteiger partial charge < -0.3 is 25.8 Å². The molecule has 20 heavy (non-hydrogen) atoms. The maximum atomic E-state index is 12.1. The van der Waals surface area contributed by atoms with E-state index < -0.39 is 23.9 Å². The first-order valence-electron chi connectivity index (χ1n) is 6.61. The zero-order chi connectivity index (χ0) is 15.1. The number of hydrogen-bond acceptors (Lipinski definition) is 4. The summed E-state index contributed by atoms with van der Waals surface area (Å²) in [4.78, 5) is 35.5. The molecule has 0 saturated carbocycles. The second-order valence-electron chi connectivity index (χ2n) is 4.68. The van der Waals surface area contributed by atoms with Crippen LogP contribution in [0.2, 0.25) is 0 Å². The third-order valence-corrected chi connectivity index (χ3v) is 3.23. The molecule has 0 aromatic rings. The minimum Gasteiger partial charge on any atom is -0.480 e. The number of nitrogens with one attached hydrogen (secondary N) is 1. The minimum atomic E-state index is -1.18. The average Bonchev–Trinajstić information content (AvgIpc) is 2.42. The number of primary amides is 1. The number of amides is 3. The van der Waals surface area contributed by atoms with Crippen molar-refractivity contribution in [2.75, 3.05) is 19.8 Å². The number of rotatable bonds is 6. The number of nitrogens with two attached hydrogens (primary N) is 1. The standard InChI is InChI=1S/C12H21N3O5/c1-2-8-7-20-6-5-15(8)12(19)14-9(11(17)18)3-4-10(13)16/h8-9H,2-7H2,1H3,(H2,13,16)(H,14,19)(H,17,18)/t8?,9-/m0/s1. The quantitative estimate of drug-likeness (QED) is 0.609. The summed E-state index contributed by atoms with van der Waals surface area (Å²) < 4.78 is 5.29. The molecule has 0 spiro atoms. The maximum absolute atomic E-state index is 12.1. The van der Waals surface area contributed by atoms with Crippen LogP contribution in [0, 0.1) is 0 Å². The number of carboxylic acids is 1. The monoisotopic (exact) mass is 287 g/mol. The van der Waals surface area contributed by atoms with Crippen LogP contribution in [0.1, 0.15) is 26.2 Å². The lowest BCUT2D eigenvalue weighted by atomic mass is 10.1. The predicted octanol–water partition coefficient (Wildman–Crippen LogP) is -0.474. The van der Waals surface area contributed by atoms with E-state index in [9.17, 15) is 14.4 Å². The largest absolute Gasteiger partial charge is 0.480 e. The molecule has 114 valence electrons. The number of carbonyl (C=O) groups is 3. The molecule has 0 aliphatic carbocycles. The van der Waals surface area contributed by atoms with Gasteiger partial charge in [0.05, 0.1) is 19.3 Å². The van der Waals surface area contributed by atoms with Crippen molar-refractivity contribution in [3.63, 3.8) is 0 Å². The fraction of sp³-hybridized carbons (Fsp3) is 0.750. The summed E-state index contributed by atoms with van der Waals surface area (Å²) in [6, 6.07) is -1.62. The van der Waals surface area contributed by atoms with E-state index in [-0.39, 0.29) is 18.9 Å². The molecule has 2 atom stereocenters. The molecule has 1 rings (SSSR count). The van der Waals surface area contributed by atoms with Crippen LogP contribution in [0.4, 0.5) is 4.79 Å². The number of ether oxygens (including phenoxy) is 1. The summed E-state index contributed by atoms with van der Waals surface area (Å²) in [6.45, 7) is 3.24. The SMILES string of the molecule is CCC1COCCN1C(=O)N[C@@H](CCC(N)=O)C(=O)O. The highest BCUT2D eigenvalue weighted by molar-refractivity contribution is 5.83. The number of morpholine rings is 1. The smallest absolute Gasteiger partial charge is 0.326 e. The molecule has 0 aromatic heterocycles. The molecule has 1 aliphatic heterocycles. The number of carbonyl (C=O) groups excluding carboxylic acids is 2. The van der Waals surface area contributed by atoms with E-state index in [0.717, 1.165) is 6.42 Å². The topological polar surface area (TPSA) is 122 Å². The van der Waals surface area contributed by atoms with Crippen LogP contribution in [-0.4, -0.2) is 59.8 Å². The van der Waals surface area contributed by atoms with Crippen LogP contribution < -0.4 is 11.1 Å². The molecular weight excluding hydrogens is 266 g/mol. The Morgan fingerprint density at radius 2 is 2.20 bits per heavy atom. The van der Waals surface area contributed by atoms with Gasteiger partial charge in [0, 0.05) is 13.0 Å². The Hall–Kier alpha value is -1.83. The fourth-order valence-corrected chi connectivity index (χ4v) is 2.04. The van der Waals surface area contributed by atoms with Gasteiger partial charge >= 0.3 is 12.0 Å². The van der Waals surface area contributed by atoms with Gasteiger partial charge in [-0.2, -0.15) is 0 Å². The van der Waals surface area contributed by atoms with Crippen molar-refractivity contribution < 1.29 is 24.2 Å². The van der Waals surface area contributed by atoms with Crippen LogP contribution in [0.25, 0.3) is 0 Å². The van der Waals surface area contributed by atoms with Gasteiger partial charge in [0.25, 0.3) is 0 Å². The van der Waals surface area contributed by atoms with Gasteiger partial charge in [-0.3, -0.25) is 4.79 Å². The molecule has 1 heterocycles. The molecule has 0 bridgehead atoms. The molecule has 8 heteroatoms. The molecule has 3 amide bonds. The molecule has 1 aliphatic rings. The van der Waals surface area contributed by atoms with Crippen LogP contribution >= 0.6 is 0 Å². The summed E-state index contributed by atoms with van der Waals surface area (Å²) in [6.07, 6.45) is 0.627. The van der Waals surface area contributed by atoms with Crippen molar-refractivity contribution in [1.29, 1.82) is 0 Å². The molecule has 8 nitrogen and oxygen atoms in total. The molecule has 4 N–H and O–H groups in total. The number of hydrogen-bond donors (Lipinski definition) is 3. The van der Waals surface area contributed by atoms with Gasteiger partial charge in [0.2, 0.25) is 5.91 Å². The van der Waals surface area contributed by atoms with Crippen molar-refractivity contribution in [2.24, 2.45) is 5.73 Å². The van der Waals surface area contributed by atoms with Gasteiger partial charge in [0.1, 0.15) is 6.04 Å². The second kappa shape index (κ2) is 7.68. The summed E-state index contributed by atoms with van der Waals surface area (Å²) in [7, 11) is 0. The molecular formula is C12H21N3O5. The van der Waals surface area contributed by atoms with Crippen molar-refractivity contribution in [2.45, 2.75) is 38.3 Å². The fourth-order valence-electron chi connectivity index (χ4n) is 2.04. The number of carboxylic acid groups (broad SMARTS) is 1. The van der Waals surface area contributed by atoms with Crippen LogP contribution in [-0.2, 0) is 14.3 Å². The Morgan fingerprint density at radius 3 is 2.75 bits per heavy atom. The van der Waals surface area contributed by atoms with Crippen molar-refractivity contribution in [3.8, 4) is 0 Å². The Kier molecular flexibility index (Phi) is 6.23. The van der Waals surface area contributed by atoms with Crippen LogP contribution in [0.15, 0.2) is 0 Å². The Bertz CT molecular complexity index is 374. The molecule has 0 aromatic carbocycles. The van der Waals surface area contributed by atoms with E-state index >= 15 is 0 Å². The van der Waals surface area contributed by atoms with E-state index in [0.29, 0.717) is 19.8 Å². The highest BCUT2D eigenvalue weighted by Crippen LogP contribution is 2.11. The average molecular weight is 287 g/mol. The van der Waals surface area contributed by atoms with Crippen LogP contribution in [0.5, 0.6) is 0 Å². The van der Waals surface area contributed by atoms with E-state index in [1.54, 1.807) is 4.90 Å². The van der Waals surface area contributed by atoms with Crippen LogP contribution in [0.3, 0.4) is 0 Å². The minimum absolute atomic E-state index is 0.0163. The third kappa shape index (κ3) is 4.69. The van der Waals surface area contributed by atoms with Gasteiger partial charge in [-0.25, -0.2) is 9.59 Å². The number of nitrogens with zero attached hydrogens (tertiary/aromatic N) is 1. The van der Waals surface area contributed by atoms with Gasteiger partial charge in [0.15, 0.2) is 0 Å². The zero-order valence-electron chi connectivity index (χ0n) is 11.5. The van der Waals surface area contributed by atoms with Crippen molar-refractivity contribution in [1.82, 2.24) is 10.2 Å². The highest BCUT2D eigenvalue weighted by Gasteiger charge is 2.29. The first-order valence-corrected chi connectivity index (χ1v) is 6.61. The summed E-state index contributed by atoms with van der Waals surface area (Å²) in [5.74, 6) is -1.77. The second-order valence-corrected chi connectivity index (χ2v) is 4.68. The van der Waals surface area contributed by atoms with Gasteiger partial charge in [-0.15, -0.1) is 0 Å². The normalized spacial score (nSPS) is 20.2. The highest BCUT2D eigenvalue weighted by atomic mass is 16.5. The van der Waals surface area contributed by atoms with Gasteiger partial charge in [-0.1, -0.05) is 6.92 Å². The summed E-state index contributed by atoms with van der Waals surface area (Å²) >= 11 is 0. The first kappa shape index (κ1) is 16.2. The van der Waals surface area contributed by atoms with Crippen molar-refractivity contribution >= 4 is 17.9 Å². The summed E-state index contributed by atoms with van der Waals surface area (Å²) in [5.41, 5.74) is 4.99. The predicted molar refractivity (Wildman–Crippen MR) is 70.0 cm³/mol. The van der Waals surface area contributed by atoms with E-state index in [1.807, 2.05) is 6.92 Å². The molecule has 1 unspecified atom stereocenters. The summed E-state index contributed by atoms with van der Waals surface area (Å²) in [5, 5.41) is 11.5. The Labute approximate surface area is 117 Å². The van der Waals surface area contributed by atoms with E-state index in [1.165, 1.54) is 0 Å². The zero-order valence-corrected chi connectivity index (χ0v) is 11.5. The van der Waals surface area contributed by atoms with Gasteiger partial charge in [-0.05, 0) is 12.8 Å². The Morgan fingerprint density at radius 1 is 1.50 bits per heavy atom. The number of aliphatic carboxylic acids is 1. The lowest BCUT2D eigenvalue weighted by Gasteiger charge is -2.35. The third-order valence-electron chi connectivity index (χ3n) is 3.23. The number of urea groups is 1. The van der Waals surface area contributed by atoms with E-state index in [4.69, 9.17) is 15.6 Å². The Balaban J connectivity index is 2.59. The molecule has 0 radical (unpaired) electrons. The molecule has 1 saturated heterocycles. The lowest BCUT2D eigenvalue weighted by molar-refractivity contribution is -0.139. The van der Waals surface area contributed by atoms with Crippen molar-refractivity contribution in [3.05, 3.63) is 0 Å².